The molecule has 8 heteroatoms. The van der Waals surface area contributed by atoms with Gasteiger partial charge in [-0.15, -0.1) is 0 Å². The van der Waals surface area contributed by atoms with Crippen LogP contribution in [0.1, 0.15) is 61.5 Å². The van der Waals surface area contributed by atoms with Gasteiger partial charge < -0.3 is 19.5 Å². The lowest BCUT2D eigenvalue weighted by molar-refractivity contribution is 0.0512. The standard InChI is InChI=1S/C18H26N2O6/c1-5-24-16(22)15-11-14(10-13(12-21)20-15)25-9-7-6-8-19-17(23)26-18(2,3)4/h10-12H,5-9H2,1-4H3,(H,19,23). The number of nitrogens with one attached hydrogen (secondary N) is 1. The van der Waals surface area contributed by atoms with E-state index in [4.69, 9.17) is 14.2 Å². The molecule has 0 aliphatic rings. The Morgan fingerprint density at radius 1 is 1.23 bits per heavy atom. The number of hydrogen-bond acceptors (Lipinski definition) is 7. The number of esters is 1. The van der Waals surface area contributed by atoms with Gasteiger partial charge in [0.25, 0.3) is 0 Å². The van der Waals surface area contributed by atoms with Crippen LogP contribution in [0.5, 0.6) is 5.75 Å². The van der Waals surface area contributed by atoms with Gasteiger partial charge >= 0.3 is 12.1 Å². The molecule has 0 fully saturated rings. The van der Waals surface area contributed by atoms with Gasteiger partial charge in [-0.05, 0) is 40.5 Å². The molecule has 0 radical (unpaired) electrons. The van der Waals surface area contributed by atoms with Gasteiger partial charge in [-0.3, -0.25) is 4.79 Å². The van der Waals surface area contributed by atoms with Gasteiger partial charge in [0, 0.05) is 18.7 Å². The van der Waals surface area contributed by atoms with E-state index in [9.17, 15) is 14.4 Å². The number of hydrogen-bond donors (Lipinski definition) is 1. The SMILES string of the molecule is CCOC(=O)c1cc(OCCCCNC(=O)OC(C)(C)C)cc(C=O)n1. The van der Waals surface area contributed by atoms with Crippen molar-refractivity contribution in [3.63, 3.8) is 0 Å². The van der Waals surface area contributed by atoms with Gasteiger partial charge in [0.1, 0.15) is 17.0 Å². The lowest BCUT2D eigenvalue weighted by Crippen LogP contribution is -2.33. The Labute approximate surface area is 153 Å². The zero-order valence-corrected chi connectivity index (χ0v) is 15.7. The number of amides is 1. The number of aldehydes is 1. The first kappa shape index (κ1) is 21.4. The van der Waals surface area contributed by atoms with Crippen LogP contribution in [0.4, 0.5) is 4.79 Å². The van der Waals surface area contributed by atoms with E-state index in [0.29, 0.717) is 38.0 Å². The number of aromatic nitrogens is 1. The molecule has 1 aromatic heterocycles. The third-order valence-corrected chi connectivity index (χ3v) is 2.93. The molecular weight excluding hydrogens is 340 g/mol. The average molecular weight is 366 g/mol. The fourth-order valence-corrected chi connectivity index (χ4v) is 1.90. The molecule has 0 saturated carbocycles. The van der Waals surface area contributed by atoms with Crippen molar-refractivity contribution >= 4 is 18.3 Å². The fourth-order valence-electron chi connectivity index (χ4n) is 1.90. The molecule has 26 heavy (non-hydrogen) atoms. The molecule has 0 unspecified atom stereocenters. The average Bonchev–Trinajstić information content (AvgIpc) is 2.56. The molecule has 0 atom stereocenters. The van der Waals surface area contributed by atoms with Crippen molar-refractivity contribution in [3.05, 3.63) is 23.5 Å². The second-order valence-electron chi connectivity index (χ2n) is 6.44. The Balaban J connectivity index is 2.41. The van der Waals surface area contributed by atoms with Crippen LogP contribution in [0.15, 0.2) is 12.1 Å². The number of nitrogens with zero attached hydrogens (tertiary/aromatic N) is 1. The summed E-state index contributed by atoms with van der Waals surface area (Å²) in [7, 11) is 0. The summed E-state index contributed by atoms with van der Waals surface area (Å²) in [4.78, 5) is 38.1. The molecule has 8 nitrogen and oxygen atoms in total. The lowest BCUT2D eigenvalue weighted by atomic mass is 10.2. The quantitative estimate of drug-likeness (QED) is 0.407. The predicted octanol–water partition coefficient (Wildman–Crippen LogP) is 2.75. The van der Waals surface area contributed by atoms with E-state index in [2.05, 4.69) is 10.3 Å². The summed E-state index contributed by atoms with van der Waals surface area (Å²) in [5.41, 5.74) is -0.406. The highest BCUT2D eigenvalue weighted by molar-refractivity contribution is 5.89. The van der Waals surface area contributed by atoms with E-state index in [1.165, 1.54) is 12.1 Å². The van der Waals surface area contributed by atoms with E-state index in [-0.39, 0.29) is 18.0 Å². The summed E-state index contributed by atoms with van der Waals surface area (Å²) >= 11 is 0. The second kappa shape index (κ2) is 10.4. The zero-order valence-electron chi connectivity index (χ0n) is 15.7. The normalized spacial score (nSPS) is 10.8. The molecule has 1 amide bonds. The van der Waals surface area contributed by atoms with Gasteiger partial charge in [0.05, 0.1) is 13.2 Å². The molecule has 144 valence electrons. The summed E-state index contributed by atoms with van der Waals surface area (Å²) in [6.45, 7) is 8.12. The predicted molar refractivity (Wildman–Crippen MR) is 94.5 cm³/mol. The molecule has 0 bridgehead atoms. The largest absolute Gasteiger partial charge is 0.493 e. The summed E-state index contributed by atoms with van der Waals surface area (Å²) < 4.78 is 15.6. The number of rotatable bonds is 9. The number of ether oxygens (including phenoxy) is 3. The number of carbonyl (C=O) groups is 3. The highest BCUT2D eigenvalue weighted by atomic mass is 16.6. The van der Waals surface area contributed by atoms with Gasteiger partial charge in [0.15, 0.2) is 12.0 Å². The van der Waals surface area contributed by atoms with Crippen molar-refractivity contribution in [3.8, 4) is 5.75 Å². The lowest BCUT2D eigenvalue weighted by Gasteiger charge is -2.19. The van der Waals surface area contributed by atoms with Gasteiger partial charge in [-0.2, -0.15) is 0 Å². The van der Waals surface area contributed by atoms with E-state index in [1.54, 1.807) is 27.7 Å². The minimum atomic E-state index is -0.609. The van der Waals surface area contributed by atoms with Crippen LogP contribution in [-0.4, -0.2) is 48.7 Å². The molecule has 0 aromatic carbocycles. The molecule has 0 saturated heterocycles. The van der Waals surface area contributed by atoms with Gasteiger partial charge in [0.2, 0.25) is 0 Å². The van der Waals surface area contributed by atoms with Crippen molar-refractivity contribution in [2.24, 2.45) is 0 Å². The Hall–Kier alpha value is -2.64. The van der Waals surface area contributed by atoms with Crippen LogP contribution >= 0.6 is 0 Å². The fraction of sp³-hybridized carbons (Fsp3) is 0.556. The van der Waals surface area contributed by atoms with Crippen LogP contribution in [0.25, 0.3) is 0 Å². The van der Waals surface area contributed by atoms with Crippen molar-refractivity contribution in [1.82, 2.24) is 10.3 Å². The third-order valence-electron chi connectivity index (χ3n) is 2.93. The minimum absolute atomic E-state index is 0.0260. The van der Waals surface area contributed by atoms with E-state index in [1.807, 2.05) is 0 Å². The van der Waals surface area contributed by atoms with Crippen LogP contribution < -0.4 is 10.1 Å². The van der Waals surface area contributed by atoms with Crippen LogP contribution in [0, 0.1) is 0 Å². The highest BCUT2D eigenvalue weighted by Gasteiger charge is 2.15. The monoisotopic (exact) mass is 366 g/mol. The first-order valence-electron chi connectivity index (χ1n) is 8.49. The Morgan fingerprint density at radius 3 is 2.58 bits per heavy atom. The van der Waals surface area contributed by atoms with Crippen LogP contribution in [-0.2, 0) is 9.47 Å². The summed E-state index contributed by atoms with van der Waals surface area (Å²) in [5, 5.41) is 2.66. The molecule has 1 aromatic rings. The Bertz CT molecular complexity index is 625. The molecule has 1 heterocycles. The number of alkyl carbamates (subject to hydrolysis) is 1. The first-order chi connectivity index (χ1) is 12.2. The summed E-state index contributed by atoms with van der Waals surface area (Å²) in [5.74, 6) is -0.243. The zero-order chi connectivity index (χ0) is 19.6. The molecule has 1 rings (SSSR count). The van der Waals surface area contributed by atoms with E-state index < -0.39 is 17.7 Å². The Morgan fingerprint density at radius 2 is 1.96 bits per heavy atom. The number of carbonyl (C=O) groups excluding carboxylic acids is 3. The smallest absolute Gasteiger partial charge is 0.407 e. The maximum absolute atomic E-state index is 11.7. The maximum Gasteiger partial charge on any atom is 0.407 e. The number of unbranched alkanes of at least 4 members (excludes halogenated alkanes) is 1. The topological polar surface area (TPSA) is 104 Å². The minimum Gasteiger partial charge on any atom is -0.493 e. The van der Waals surface area contributed by atoms with Crippen molar-refractivity contribution < 1.29 is 28.6 Å². The van der Waals surface area contributed by atoms with Gasteiger partial charge in [-0.1, -0.05) is 0 Å². The molecule has 0 aliphatic carbocycles. The van der Waals surface area contributed by atoms with Crippen LogP contribution in [0.2, 0.25) is 0 Å². The first-order valence-corrected chi connectivity index (χ1v) is 8.49. The number of pyridine rings is 1. The maximum atomic E-state index is 11.7. The molecule has 0 spiro atoms. The van der Waals surface area contributed by atoms with Crippen molar-refractivity contribution in [2.75, 3.05) is 19.8 Å². The summed E-state index contributed by atoms with van der Waals surface area (Å²) in [6.07, 6.45) is 1.45. The van der Waals surface area contributed by atoms with Crippen molar-refractivity contribution in [1.29, 1.82) is 0 Å². The van der Waals surface area contributed by atoms with E-state index >= 15 is 0 Å². The third kappa shape index (κ3) is 8.46. The Kier molecular flexibility index (Phi) is 8.54. The molecule has 1 N–H and O–H groups in total. The van der Waals surface area contributed by atoms with Gasteiger partial charge in [-0.25, -0.2) is 14.6 Å². The highest BCUT2D eigenvalue weighted by Crippen LogP contribution is 2.15. The van der Waals surface area contributed by atoms with Crippen LogP contribution in [0.3, 0.4) is 0 Å². The molecule has 0 aliphatic heterocycles. The molecular formula is C18H26N2O6. The summed E-state index contributed by atoms with van der Waals surface area (Å²) in [6, 6.07) is 2.89. The van der Waals surface area contributed by atoms with Crippen molar-refractivity contribution in [2.45, 2.75) is 46.1 Å². The van der Waals surface area contributed by atoms with E-state index in [0.717, 1.165) is 0 Å². The second-order valence-corrected chi connectivity index (χ2v) is 6.44.